The van der Waals surface area contributed by atoms with Gasteiger partial charge in [-0.2, -0.15) is 0 Å². The van der Waals surface area contributed by atoms with Crippen molar-refractivity contribution in [2.75, 3.05) is 5.73 Å². The molecule has 0 spiro atoms. The molecule has 0 aliphatic heterocycles. The molecule has 4 nitrogen and oxygen atoms in total. The van der Waals surface area contributed by atoms with Crippen molar-refractivity contribution in [3.8, 4) is 5.75 Å². The van der Waals surface area contributed by atoms with Crippen molar-refractivity contribution >= 4 is 11.6 Å². The number of phenols is 1. The van der Waals surface area contributed by atoms with Crippen LogP contribution in [0.3, 0.4) is 0 Å². The van der Waals surface area contributed by atoms with Gasteiger partial charge in [-0.1, -0.05) is 24.3 Å². The number of carbonyl (C=O) groups excluding carboxylic acids is 1. The van der Waals surface area contributed by atoms with E-state index in [0.717, 1.165) is 11.1 Å². The van der Waals surface area contributed by atoms with E-state index < -0.39 is 0 Å². The minimum atomic E-state index is -0.237. The van der Waals surface area contributed by atoms with Crippen LogP contribution in [0.1, 0.15) is 21.5 Å². The van der Waals surface area contributed by atoms with E-state index in [9.17, 15) is 9.90 Å². The van der Waals surface area contributed by atoms with E-state index in [4.69, 9.17) is 5.73 Å². The maximum atomic E-state index is 11.9. The molecule has 4 N–H and O–H groups in total. The first-order valence-corrected chi connectivity index (χ1v) is 5.99. The molecule has 2 aromatic rings. The lowest BCUT2D eigenvalue weighted by molar-refractivity contribution is 0.0950. The highest BCUT2D eigenvalue weighted by Gasteiger charge is 2.08. The molecule has 0 unspecified atom stereocenters. The van der Waals surface area contributed by atoms with Crippen LogP contribution >= 0.6 is 0 Å². The van der Waals surface area contributed by atoms with Crippen molar-refractivity contribution in [3.63, 3.8) is 0 Å². The molecule has 0 aliphatic rings. The van der Waals surface area contributed by atoms with Crippen LogP contribution in [0.2, 0.25) is 0 Å². The van der Waals surface area contributed by atoms with E-state index >= 15 is 0 Å². The second-order valence-corrected chi connectivity index (χ2v) is 4.38. The summed E-state index contributed by atoms with van der Waals surface area (Å²) in [5.41, 5.74) is 8.48. The lowest BCUT2D eigenvalue weighted by atomic mass is 10.1. The fourth-order valence-corrected chi connectivity index (χ4v) is 1.72. The second kappa shape index (κ2) is 5.44. The minimum absolute atomic E-state index is 0.117. The SMILES string of the molecule is Cc1ccc(C(=O)NCc2ccccc2N)cc1O. The third-order valence-corrected chi connectivity index (χ3v) is 2.97. The monoisotopic (exact) mass is 256 g/mol. The number of nitrogen functional groups attached to an aromatic ring is 1. The van der Waals surface area contributed by atoms with Crippen molar-refractivity contribution in [2.45, 2.75) is 13.5 Å². The summed E-state index contributed by atoms with van der Waals surface area (Å²) in [7, 11) is 0. The van der Waals surface area contributed by atoms with E-state index in [1.54, 1.807) is 25.1 Å². The first kappa shape index (κ1) is 13.0. The van der Waals surface area contributed by atoms with Gasteiger partial charge in [0.05, 0.1) is 0 Å². The third-order valence-electron chi connectivity index (χ3n) is 2.97. The molecule has 0 aromatic heterocycles. The Morgan fingerprint density at radius 3 is 2.68 bits per heavy atom. The Bertz CT molecular complexity index is 609. The van der Waals surface area contributed by atoms with Crippen LogP contribution in [0.15, 0.2) is 42.5 Å². The number of hydrogen-bond donors (Lipinski definition) is 3. The molecule has 0 heterocycles. The molecule has 4 heteroatoms. The average Bonchev–Trinajstić information content (AvgIpc) is 2.40. The largest absolute Gasteiger partial charge is 0.508 e. The zero-order valence-electron chi connectivity index (χ0n) is 10.7. The maximum absolute atomic E-state index is 11.9. The highest BCUT2D eigenvalue weighted by Crippen LogP contribution is 2.17. The number of nitrogens with two attached hydrogens (primary N) is 1. The summed E-state index contributed by atoms with van der Waals surface area (Å²) in [6.07, 6.45) is 0. The number of rotatable bonds is 3. The second-order valence-electron chi connectivity index (χ2n) is 4.38. The standard InChI is InChI=1S/C15H16N2O2/c1-10-6-7-11(8-14(10)18)15(19)17-9-12-4-2-3-5-13(12)16/h2-8,18H,9,16H2,1H3,(H,17,19). The van der Waals surface area contributed by atoms with Crippen LogP contribution < -0.4 is 11.1 Å². The number of phenolic OH excluding ortho intramolecular Hbond substituents is 1. The molecule has 0 fully saturated rings. The number of carbonyl (C=O) groups is 1. The molecular formula is C15H16N2O2. The Hall–Kier alpha value is -2.49. The van der Waals surface area contributed by atoms with Crippen molar-refractivity contribution in [3.05, 3.63) is 59.2 Å². The van der Waals surface area contributed by atoms with Gasteiger partial charge in [0.25, 0.3) is 5.91 Å². The zero-order valence-corrected chi connectivity index (χ0v) is 10.7. The van der Waals surface area contributed by atoms with Crippen LogP contribution in [-0.2, 0) is 6.54 Å². The maximum Gasteiger partial charge on any atom is 0.251 e. The molecule has 1 amide bonds. The number of amides is 1. The Kier molecular flexibility index (Phi) is 3.71. The number of nitrogens with one attached hydrogen (secondary N) is 1. The van der Waals surface area contributed by atoms with Crippen molar-refractivity contribution < 1.29 is 9.90 Å². The summed E-state index contributed by atoms with van der Waals surface area (Å²) >= 11 is 0. The van der Waals surface area contributed by atoms with E-state index in [1.165, 1.54) is 6.07 Å². The smallest absolute Gasteiger partial charge is 0.251 e. The summed E-state index contributed by atoms with van der Waals surface area (Å²) < 4.78 is 0. The van der Waals surface area contributed by atoms with Gasteiger partial charge < -0.3 is 16.2 Å². The van der Waals surface area contributed by atoms with Gasteiger partial charge in [0.2, 0.25) is 0 Å². The number of para-hydroxylation sites is 1. The number of hydrogen-bond acceptors (Lipinski definition) is 3. The molecular weight excluding hydrogens is 240 g/mol. The van der Waals surface area contributed by atoms with E-state index in [0.29, 0.717) is 17.8 Å². The predicted molar refractivity (Wildman–Crippen MR) is 74.9 cm³/mol. The Balaban J connectivity index is 2.05. The normalized spacial score (nSPS) is 10.2. The summed E-state index contributed by atoms with van der Waals surface area (Å²) in [5, 5.41) is 12.4. The van der Waals surface area contributed by atoms with Gasteiger partial charge in [-0.15, -0.1) is 0 Å². The summed E-state index contributed by atoms with van der Waals surface area (Å²) in [4.78, 5) is 11.9. The number of aromatic hydroxyl groups is 1. The molecule has 19 heavy (non-hydrogen) atoms. The van der Waals surface area contributed by atoms with Crippen LogP contribution in [0.5, 0.6) is 5.75 Å². The molecule has 0 atom stereocenters. The van der Waals surface area contributed by atoms with Crippen LogP contribution in [0, 0.1) is 6.92 Å². The summed E-state index contributed by atoms with van der Waals surface area (Å²) in [6, 6.07) is 12.2. The van der Waals surface area contributed by atoms with Crippen LogP contribution in [-0.4, -0.2) is 11.0 Å². The fraction of sp³-hybridized carbons (Fsp3) is 0.133. The van der Waals surface area contributed by atoms with Gasteiger partial charge in [-0.25, -0.2) is 0 Å². The van der Waals surface area contributed by atoms with Crippen LogP contribution in [0.25, 0.3) is 0 Å². The van der Waals surface area contributed by atoms with Gasteiger partial charge in [-0.05, 0) is 36.2 Å². The molecule has 2 aromatic carbocycles. The Labute approximate surface area is 111 Å². The lowest BCUT2D eigenvalue weighted by Gasteiger charge is -2.08. The number of aryl methyl sites for hydroxylation is 1. The first-order chi connectivity index (χ1) is 9.08. The number of anilines is 1. The Morgan fingerprint density at radius 2 is 2.00 bits per heavy atom. The topological polar surface area (TPSA) is 75.4 Å². The van der Waals surface area contributed by atoms with Gasteiger partial charge in [0.15, 0.2) is 0 Å². The lowest BCUT2D eigenvalue weighted by Crippen LogP contribution is -2.23. The van der Waals surface area contributed by atoms with E-state index in [1.807, 2.05) is 18.2 Å². The molecule has 0 bridgehead atoms. The highest BCUT2D eigenvalue weighted by atomic mass is 16.3. The minimum Gasteiger partial charge on any atom is -0.508 e. The van der Waals surface area contributed by atoms with Gasteiger partial charge in [-0.3, -0.25) is 4.79 Å². The fourth-order valence-electron chi connectivity index (χ4n) is 1.72. The van der Waals surface area contributed by atoms with E-state index in [2.05, 4.69) is 5.32 Å². The first-order valence-electron chi connectivity index (χ1n) is 5.99. The zero-order chi connectivity index (χ0) is 13.8. The molecule has 2 rings (SSSR count). The highest BCUT2D eigenvalue weighted by molar-refractivity contribution is 5.94. The molecule has 0 saturated heterocycles. The summed E-state index contributed by atoms with van der Waals surface area (Å²) in [5.74, 6) is -0.120. The number of benzene rings is 2. The van der Waals surface area contributed by atoms with Crippen LogP contribution in [0.4, 0.5) is 5.69 Å². The molecule has 0 radical (unpaired) electrons. The average molecular weight is 256 g/mol. The quantitative estimate of drug-likeness (QED) is 0.737. The summed E-state index contributed by atoms with van der Waals surface area (Å²) in [6.45, 7) is 2.14. The van der Waals surface area contributed by atoms with Gasteiger partial charge in [0, 0.05) is 17.8 Å². The molecule has 98 valence electrons. The third kappa shape index (κ3) is 3.04. The molecule has 0 aliphatic carbocycles. The predicted octanol–water partition coefficient (Wildman–Crippen LogP) is 2.21. The van der Waals surface area contributed by atoms with Gasteiger partial charge in [0.1, 0.15) is 5.75 Å². The van der Waals surface area contributed by atoms with Gasteiger partial charge >= 0.3 is 0 Å². The van der Waals surface area contributed by atoms with Crippen molar-refractivity contribution in [1.29, 1.82) is 0 Å². The van der Waals surface area contributed by atoms with Crippen molar-refractivity contribution in [1.82, 2.24) is 5.32 Å². The van der Waals surface area contributed by atoms with Crippen molar-refractivity contribution in [2.24, 2.45) is 0 Å². The Morgan fingerprint density at radius 1 is 1.26 bits per heavy atom. The van der Waals surface area contributed by atoms with E-state index in [-0.39, 0.29) is 11.7 Å². The molecule has 0 saturated carbocycles.